The summed E-state index contributed by atoms with van der Waals surface area (Å²) < 4.78 is 5.93. The van der Waals surface area contributed by atoms with Crippen LogP contribution in [0.3, 0.4) is 0 Å². The molecule has 6 heteroatoms. The van der Waals surface area contributed by atoms with Crippen LogP contribution >= 0.6 is 0 Å². The van der Waals surface area contributed by atoms with E-state index < -0.39 is 10.9 Å². The Kier molecular flexibility index (Phi) is 9.41. The molecular formula is C29H32NO5-. The summed E-state index contributed by atoms with van der Waals surface area (Å²) in [6.07, 6.45) is 7.91. The van der Waals surface area contributed by atoms with Gasteiger partial charge in [-0.15, -0.1) is 0 Å². The summed E-state index contributed by atoms with van der Waals surface area (Å²) in [4.78, 5) is 22.8. The van der Waals surface area contributed by atoms with Gasteiger partial charge in [-0.2, -0.15) is 0 Å². The van der Waals surface area contributed by atoms with Crippen LogP contribution in [0.15, 0.2) is 66.7 Å². The van der Waals surface area contributed by atoms with Gasteiger partial charge in [-0.3, -0.25) is 10.1 Å². The zero-order valence-electron chi connectivity index (χ0n) is 20.4. The number of benzene rings is 3. The van der Waals surface area contributed by atoms with Gasteiger partial charge >= 0.3 is 5.69 Å². The van der Waals surface area contributed by atoms with E-state index in [4.69, 9.17) is 4.74 Å². The maximum absolute atomic E-state index is 11.8. The molecule has 0 amide bonds. The first-order valence-corrected chi connectivity index (χ1v) is 12.3. The third kappa shape index (κ3) is 7.15. The predicted molar refractivity (Wildman–Crippen MR) is 136 cm³/mol. The Balaban J connectivity index is 1.72. The van der Waals surface area contributed by atoms with Crippen molar-refractivity contribution in [2.75, 3.05) is 0 Å². The van der Waals surface area contributed by atoms with Gasteiger partial charge in [0.1, 0.15) is 0 Å². The summed E-state index contributed by atoms with van der Waals surface area (Å²) in [6, 6.07) is 18.9. The number of carbonyl (C=O) groups excluding carboxylic acids is 1. The lowest BCUT2D eigenvalue weighted by Gasteiger charge is -2.15. The molecule has 0 spiro atoms. The van der Waals surface area contributed by atoms with E-state index in [1.807, 2.05) is 25.1 Å². The standard InChI is InChI=1S/C29H33NO5/c1-3-4-5-6-7-8-11-21(2)35-28-19-18-24(20-27(28)30(33)34)22-14-16-23(17-15-22)25-12-9-10-13-26(25)29(31)32/h9-10,12-21H,3-8,11H2,1-2H3,(H,31,32)/p-1. The largest absolute Gasteiger partial charge is 0.545 e. The van der Waals surface area contributed by atoms with Crippen LogP contribution in [0.4, 0.5) is 5.69 Å². The molecule has 0 saturated carbocycles. The molecule has 0 fully saturated rings. The molecule has 0 aromatic heterocycles. The van der Waals surface area contributed by atoms with Gasteiger partial charge in [0.2, 0.25) is 0 Å². The van der Waals surface area contributed by atoms with Crippen LogP contribution in [0, 0.1) is 10.1 Å². The van der Waals surface area contributed by atoms with Crippen molar-refractivity contribution in [1.29, 1.82) is 0 Å². The number of nitrogens with zero attached hydrogens (tertiary/aromatic N) is 1. The lowest BCUT2D eigenvalue weighted by molar-refractivity contribution is -0.386. The molecule has 35 heavy (non-hydrogen) atoms. The molecular weight excluding hydrogens is 442 g/mol. The Bertz CT molecular complexity index is 1140. The molecule has 3 aromatic rings. The highest BCUT2D eigenvalue weighted by atomic mass is 16.6. The summed E-state index contributed by atoms with van der Waals surface area (Å²) in [7, 11) is 0. The zero-order chi connectivity index (χ0) is 25.2. The third-order valence-electron chi connectivity index (χ3n) is 6.12. The van der Waals surface area contributed by atoms with E-state index >= 15 is 0 Å². The molecule has 184 valence electrons. The van der Waals surface area contributed by atoms with Crippen LogP contribution < -0.4 is 9.84 Å². The summed E-state index contributed by atoms with van der Waals surface area (Å²) in [6.45, 7) is 4.15. The number of nitro groups is 1. The second-order valence-corrected chi connectivity index (χ2v) is 8.83. The average molecular weight is 475 g/mol. The third-order valence-corrected chi connectivity index (χ3v) is 6.12. The Morgan fingerprint density at radius 3 is 2.20 bits per heavy atom. The SMILES string of the molecule is CCCCCCCCC(C)Oc1ccc(-c2ccc(-c3ccccc3C(=O)[O-])cc2)cc1[N+](=O)[O-]. The van der Waals surface area contributed by atoms with Gasteiger partial charge in [-0.25, -0.2) is 0 Å². The second kappa shape index (κ2) is 12.7. The van der Waals surface area contributed by atoms with Crippen molar-refractivity contribution in [3.63, 3.8) is 0 Å². The van der Waals surface area contributed by atoms with E-state index in [2.05, 4.69) is 6.92 Å². The number of unbranched alkanes of at least 4 members (excludes halogenated alkanes) is 5. The first kappa shape index (κ1) is 25.9. The number of hydrogen-bond donors (Lipinski definition) is 0. The van der Waals surface area contributed by atoms with Crippen molar-refractivity contribution in [3.8, 4) is 28.0 Å². The quantitative estimate of drug-likeness (QED) is 0.154. The van der Waals surface area contributed by atoms with Crippen molar-refractivity contribution in [2.24, 2.45) is 0 Å². The van der Waals surface area contributed by atoms with Crippen molar-refractivity contribution < 1.29 is 19.6 Å². The normalized spacial score (nSPS) is 11.7. The predicted octanol–water partition coefficient (Wildman–Crippen LogP) is 6.81. The van der Waals surface area contributed by atoms with Gasteiger partial charge in [0.05, 0.1) is 17.0 Å². The minimum absolute atomic E-state index is 0.0660. The Hall–Kier alpha value is -3.67. The highest BCUT2D eigenvalue weighted by Crippen LogP contribution is 2.34. The number of rotatable bonds is 13. The van der Waals surface area contributed by atoms with Crippen LogP contribution in [0.1, 0.15) is 69.2 Å². The van der Waals surface area contributed by atoms with Crippen molar-refractivity contribution in [1.82, 2.24) is 0 Å². The van der Waals surface area contributed by atoms with E-state index in [1.165, 1.54) is 37.8 Å². The fourth-order valence-electron chi connectivity index (χ4n) is 4.18. The van der Waals surface area contributed by atoms with Gasteiger partial charge in [-0.05, 0) is 48.1 Å². The topological polar surface area (TPSA) is 92.5 Å². The molecule has 1 unspecified atom stereocenters. The molecule has 1 atom stereocenters. The zero-order valence-corrected chi connectivity index (χ0v) is 20.4. The summed E-state index contributed by atoms with van der Waals surface area (Å²) in [5, 5.41) is 23.2. The summed E-state index contributed by atoms with van der Waals surface area (Å²) >= 11 is 0. The lowest BCUT2D eigenvalue weighted by Crippen LogP contribution is -2.22. The lowest BCUT2D eigenvalue weighted by atomic mass is 9.97. The molecule has 0 radical (unpaired) electrons. The molecule has 0 aliphatic carbocycles. The van der Waals surface area contributed by atoms with E-state index in [9.17, 15) is 20.0 Å². The maximum atomic E-state index is 11.8. The monoisotopic (exact) mass is 474 g/mol. The van der Waals surface area contributed by atoms with E-state index in [0.717, 1.165) is 30.4 Å². The van der Waals surface area contributed by atoms with Gasteiger partial charge in [-0.1, -0.05) is 93.6 Å². The van der Waals surface area contributed by atoms with Crippen LogP contribution in [0.5, 0.6) is 5.75 Å². The first-order valence-electron chi connectivity index (χ1n) is 12.3. The van der Waals surface area contributed by atoms with Crippen LogP contribution in [0.2, 0.25) is 0 Å². The molecule has 3 aromatic carbocycles. The molecule has 0 saturated heterocycles. The summed E-state index contributed by atoms with van der Waals surface area (Å²) in [5.74, 6) is -0.960. The highest BCUT2D eigenvalue weighted by molar-refractivity contribution is 5.94. The van der Waals surface area contributed by atoms with Crippen LogP contribution in [-0.2, 0) is 0 Å². The fourth-order valence-corrected chi connectivity index (χ4v) is 4.18. The molecule has 3 rings (SSSR count). The summed E-state index contributed by atoms with van der Waals surface area (Å²) in [5.41, 5.74) is 2.82. The van der Waals surface area contributed by atoms with E-state index in [-0.39, 0.29) is 23.1 Å². The molecule has 0 bridgehead atoms. The fraction of sp³-hybridized carbons (Fsp3) is 0.345. The van der Waals surface area contributed by atoms with E-state index in [0.29, 0.717) is 11.1 Å². The van der Waals surface area contributed by atoms with Gasteiger partial charge in [0, 0.05) is 11.6 Å². The Labute approximate surface area is 206 Å². The van der Waals surface area contributed by atoms with E-state index in [1.54, 1.807) is 36.4 Å². The Morgan fingerprint density at radius 2 is 1.51 bits per heavy atom. The molecule has 0 aliphatic heterocycles. The number of carboxylic acids is 1. The molecule has 6 nitrogen and oxygen atoms in total. The van der Waals surface area contributed by atoms with Gasteiger partial charge in [0.15, 0.2) is 5.75 Å². The number of hydrogen-bond acceptors (Lipinski definition) is 5. The van der Waals surface area contributed by atoms with Crippen molar-refractivity contribution in [2.45, 2.75) is 64.9 Å². The smallest absolute Gasteiger partial charge is 0.311 e. The van der Waals surface area contributed by atoms with Crippen molar-refractivity contribution in [3.05, 3.63) is 82.4 Å². The van der Waals surface area contributed by atoms with Gasteiger partial charge < -0.3 is 14.6 Å². The number of carbonyl (C=O) groups is 1. The Morgan fingerprint density at radius 1 is 0.886 bits per heavy atom. The number of nitro benzene ring substituents is 1. The van der Waals surface area contributed by atoms with Crippen LogP contribution in [0.25, 0.3) is 22.3 Å². The first-order chi connectivity index (χ1) is 16.9. The van der Waals surface area contributed by atoms with Gasteiger partial charge in [0.25, 0.3) is 0 Å². The highest BCUT2D eigenvalue weighted by Gasteiger charge is 2.19. The number of ether oxygens (including phenoxy) is 1. The van der Waals surface area contributed by atoms with Crippen molar-refractivity contribution >= 4 is 11.7 Å². The minimum atomic E-state index is -1.23. The second-order valence-electron chi connectivity index (χ2n) is 8.83. The maximum Gasteiger partial charge on any atom is 0.311 e. The minimum Gasteiger partial charge on any atom is -0.545 e. The molecule has 0 aliphatic rings. The molecule has 0 heterocycles. The average Bonchev–Trinajstić information content (AvgIpc) is 2.86. The molecule has 0 N–H and O–H groups in total. The number of aromatic carboxylic acids is 1. The van der Waals surface area contributed by atoms with Crippen LogP contribution in [-0.4, -0.2) is 17.0 Å². The number of carboxylic acid groups (broad SMARTS) is 1.